The van der Waals surface area contributed by atoms with Crippen LogP contribution in [0.1, 0.15) is 23.4 Å². The SMILES string of the molecule is Cc1ccc(-c2nnc(CCC(=O)Nc3cccc(OCC(F)(F)F)c3C)o2)cc1. The van der Waals surface area contributed by atoms with Gasteiger partial charge in [-0.15, -0.1) is 10.2 Å². The molecule has 0 aliphatic rings. The molecule has 0 radical (unpaired) electrons. The van der Waals surface area contributed by atoms with Crippen LogP contribution in [-0.4, -0.2) is 28.9 Å². The van der Waals surface area contributed by atoms with Gasteiger partial charge in [-0.1, -0.05) is 23.8 Å². The van der Waals surface area contributed by atoms with Crippen LogP contribution in [0, 0.1) is 13.8 Å². The Labute approximate surface area is 171 Å². The first-order valence-corrected chi connectivity index (χ1v) is 9.20. The highest BCUT2D eigenvalue weighted by molar-refractivity contribution is 5.91. The van der Waals surface area contributed by atoms with E-state index in [1.807, 2.05) is 31.2 Å². The molecule has 0 fully saturated rings. The molecule has 158 valence electrons. The Morgan fingerprint density at radius 2 is 1.83 bits per heavy atom. The zero-order chi connectivity index (χ0) is 21.7. The molecule has 0 atom stereocenters. The van der Waals surface area contributed by atoms with Crippen molar-refractivity contribution in [2.75, 3.05) is 11.9 Å². The van der Waals surface area contributed by atoms with Crippen molar-refractivity contribution in [2.45, 2.75) is 32.9 Å². The van der Waals surface area contributed by atoms with E-state index in [2.05, 4.69) is 15.5 Å². The van der Waals surface area contributed by atoms with Crippen molar-refractivity contribution in [3.63, 3.8) is 0 Å². The van der Waals surface area contributed by atoms with Crippen molar-refractivity contribution in [1.82, 2.24) is 10.2 Å². The van der Waals surface area contributed by atoms with Gasteiger partial charge in [0, 0.05) is 29.7 Å². The van der Waals surface area contributed by atoms with Crippen molar-refractivity contribution in [2.24, 2.45) is 0 Å². The third kappa shape index (κ3) is 5.82. The molecule has 1 amide bonds. The quantitative estimate of drug-likeness (QED) is 0.592. The van der Waals surface area contributed by atoms with Crippen molar-refractivity contribution in [3.8, 4) is 17.2 Å². The number of aryl methyl sites for hydroxylation is 2. The minimum absolute atomic E-state index is 0.0600. The number of ether oxygens (including phenoxy) is 1. The first-order chi connectivity index (χ1) is 14.2. The van der Waals surface area contributed by atoms with Gasteiger partial charge >= 0.3 is 6.18 Å². The smallest absolute Gasteiger partial charge is 0.422 e. The summed E-state index contributed by atoms with van der Waals surface area (Å²) in [5, 5.41) is 10.6. The predicted molar refractivity (Wildman–Crippen MR) is 104 cm³/mol. The molecule has 0 aliphatic heterocycles. The minimum atomic E-state index is -4.44. The highest BCUT2D eigenvalue weighted by atomic mass is 19.4. The zero-order valence-electron chi connectivity index (χ0n) is 16.4. The molecule has 2 aromatic carbocycles. The summed E-state index contributed by atoms with van der Waals surface area (Å²) in [4.78, 5) is 12.3. The summed E-state index contributed by atoms with van der Waals surface area (Å²) < 4.78 is 47.5. The van der Waals surface area contributed by atoms with Crippen LogP contribution in [0.2, 0.25) is 0 Å². The number of halogens is 3. The predicted octanol–water partition coefficient (Wildman–Crippen LogP) is 4.87. The number of nitrogens with zero attached hydrogens (tertiary/aromatic N) is 2. The summed E-state index contributed by atoms with van der Waals surface area (Å²) in [6.45, 7) is 2.15. The van der Waals surface area contributed by atoms with E-state index in [9.17, 15) is 18.0 Å². The second kappa shape index (κ2) is 8.98. The van der Waals surface area contributed by atoms with Crippen LogP contribution < -0.4 is 10.1 Å². The van der Waals surface area contributed by atoms with Gasteiger partial charge in [-0.05, 0) is 38.1 Å². The fraction of sp³-hybridized carbons (Fsp3) is 0.286. The van der Waals surface area contributed by atoms with Gasteiger partial charge in [-0.25, -0.2) is 0 Å². The highest BCUT2D eigenvalue weighted by Crippen LogP contribution is 2.27. The molecule has 30 heavy (non-hydrogen) atoms. The maximum atomic E-state index is 12.4. The monoisotopic (exact) mass is 419 g/mol. The van der Waals surface area contributed by atoms with E-state index in [1.54, 1.807) is 13.0 Å². The number of alkyl halides is 3. The fourth-order valence-corrected chi connectivity index (χ4v) is 2.67. The first-order valence-electron chi connectivity index (χ1n) is 9.20. The Hall–Kier alpha value is -3.36. The Bertz CT molecular complexity index is 1010. The number of anilines is 1. The Morgan fingerprint density at radius 3 is 2.53 bits per heavy atom. The minimum Gasteiger partial charge on any atom is -0.484 e. The van der Waals surface area contributed by atoms with E-state index in [0.29, 0.717) is 23.0 Å². The summed E-state index contributed by atoms with van der Waals surface area (Å²) in [7, 11) is 0. The maximum Gasteiger partial charge on any atom is 0.422 e. The third-order valence-electron chi connectivity index (χ3n) is 4.28. The van der Waals surface area contributed by atoms with Crippen molar-refractivity contribution in [3.05, 3.63) is 59.5 Å². The normalized spacial score (nSPS) is 11.4. The van der Waals surface area contributed by atoms with Crippen molar-refractivity contribution < 1.29 is 27.1 Å². The lowest BCUT2D eigenvalue weighted by molar-refractivity contribution is -0.153. The molecule has 3 aromatic rings. The van der Waals surface area contributed by atoms with E-state index in [-0.39, 0.29) is 24.5 Å². The van der Waals surface area contributed by atoms with E-state index < -0.39 is 12.8 Å². The molecule has 1 aromatic heterocycles. The number of rotatable bonds is 7. The molecule has 1 heterocycles. The number of hydrogen-bond acceptors (Lipinski definition) is 5. The van der Waals surface area contributed by atoms with Gasteiger partial charge in [-0.3, -0.25) is 4.79 Å². The summed E-state index contributed by atoms with van der Waals surface area (Å²) in [5.74, 6) is 0.418. The number of nitrogens with one attached hydrogen (secondary N) is 1. The van der Waals surface area contributed by atoms with Crippen LogP contribution in [0.5, 0.6) is 5.75 Å². The number of aromatic nitrogens is 2. The summed E-state index contributed by atoms with van der Waals surface area (Å²) in [5.41, 5.74) is 2.69. The third-order valence-corrected chi connectivity index (χ3v) is 4.28. The standard InChI is InChI=1S/C21H20F3N3O3/c1-13-6-8-15(9-7-13)20-27-26-19(30-20)11-10-18(28)25-16-4-3-5-17(14(16)2)29-12-21(22,23)24/h3-9H,10-12H2,1-2H3,(H,25,28). The fourth-order valence-electron chi connectivity index (χ4n) is 2.67. The van der Waals surface area contributed by atoms with E-state index >= 15 is 0 Å². The molecule has 0 spiro atoms. The van der Waals surface area contributed by atoms with Crippen LogP contribution in [0.4, 0.5) is 18.9 Å². The largest absolute Gasteiger partial charge is 0.484 e. The lowest BCUT2D eigenvalue weighted by atomic mass is 10.1. The van der Waals surface area contributed by atoms with Gasteiger partial charge in [0.05, 0.1) is 0 Å². The first kappa shape index (κ1) is 21.4. The van der Waals surface area contributed by atoms with Crippen LogP contribution in [0.25, 0.3) is 11.5 Å². The zero-order valence-corrected chi connectivity index (χ0v) is 16.4. The van der Waals surface area contributed by atoms with Gasteiger partial charge in [-0.2, -0.15) is 13.2 Å². The average molecular weight is 419 g/mol. The van der Waals surface area contributed by atoms with Crippen LogP contribution in [0.3, 0.4) is 0 Å². The average Bonchev–Trinajstić information content (AvgIpc) is 3.16. The molecule has 3 rings (SSSR count). The molecule has 1 N–H and O–H groups in total. The molecule has 6 nitrogen and oxygen atoms in total. The number of carbonyl (C=O) groups excluding carboxylic acids is 1. The number of amides is 1. The number of hydrogen-bond donors (Lipinski definition) is 1. The lowest BCUT2D eigenvalue weighted by Gasteiger charge is -2.14. The second-order valence-corrected chi connectivity index (χ2v) is 6.75. The van der Waals surface area contributed by atoms with Gasteiger partial charge in [0.2, 0.25) is 17.7 Å². The topological polar surface area (TPSA) is 77.2 Å². The number of carbonyl (C=O) groups is 1. The molecular formula is C21H20F3N3O3. The molecule has 0 saturated carbocycles. The van der Waals surface area contributed by atoms with Crippen molar-refractivity contribution >= 4 is 11.6 Å². The van der Waals surface area contributed by atoms with Gasteiger partial charge in [0.15, 0.2) is 6.61 Å². The van der Waals surface area contributed by atoms with Crippen LogP contribution in [0.15, 0.2) is 46.9 Å². The summed E-state index contributed by atoms with van der Waals surface area (Å²) >= 11 is 0. The number of benzene rings is 2. The molecule has 0 bridgehead atoms. The molecular weight excluding hydrogens is 399 g/mol. The summed E-state index contributed by atoms with van der Waals surface area (Å²) in [6, 6.07) is 12.1. The maximum absolute atomic E-state index is 12.4. The second-order valence-electron chi connectivity index (χ2n) is 6.75. The Balaban J connectivity index is 1.57. The van der Waals surface area contributed by atoms with Gasteiger partial charge in [0.25, 0.3) is 0 Å². The van der Waals surface area contributed by atoms with Crippen LogP contribution >= 0.6 is 0 Å². The van der Waals surface area contributed by atoms with Gasteiger partial charge < -0.3 is 14.5 Å². The van der Waals surface area contributed by atoms with E-state index in [1.165, 1.54) is 12.1 Å². The molecule has 0 unspecified atom stereocenters. The molecule has 0 aliphatic carbocycles. The van der Waals surface area contributed by atoms with Crippen LogP contribution in [-0.2, 0) is 11.2 Å². The highest BCUT2D eigenvalue weighted by Gasteiger charge is 2.28. The Morgan fingerprint density at radius 1 is 1.10 bits per heavy atom. The summed E-state index contributed by atoms with van der Waals surface area (Å²) in [6.07, 6.45) is -4.14. The molecule has 0 saturated heterocycles. The van der Waals surface area contributed by atoms with E-state index in [4.69, 9.17) is 9.15 Å². The molecule has 9 heteroatoms. The lowest BCUT2D eigenvalue weighted by Crippen LogP contribution is -2.20. The van der Waals surface area contributed by atoms with Crippen molar-refractivity contribution in [1.29, 1.82) is 0 Å². The van der Waals surface area contributed by atoms with Gasteiger partial charge in [0.1, 0.15) is 5.75 Å². The Kier molecular flexibility index (Phi) is 6.39. The van der Waals surface area contributed by atoms with E-state index in [0.717, 1.165) is 11.1 Å².